The van der Waals surface area contributed by atoms with E-state index in [1.165, 1.54) is 41.8 Å². The van der Waals surface area contributed by atoms with Gasteiger partial charge in [-0.3, -0.25) is 34.2 Å². The highest BCUT2D eigenvalue weighted by atomic mass is 35.5. The standard InChI is InChI=1S/C42H52ClN9O3S/c1-27-28(2)56-42-38(27)39(30-10-12-31(43)13-11-30)46-35(40-49-48-29(3)52(40)42)26-37(54)44-20-8-6-4-5-7-9-21-50-22-24-51(25-23-50)33-16-14-32(15-17-33)45-34-18-19-36(53)47-41(34)55/h10-17,34-35,45H,4-9,18-26H2,1-3H3,(H,44,54)(H,47,53,55). The fraction of sp³-hybridized carbons (Fsp3) is 0.476. The van der Waals surface area contributed by atoms with E-state index < -0.39 is 6.04 Å². The fourth-order valence-electron chi connectivity index (χ4n) is 7.81. The summed E-state index contributed by atoms with van der Waals surface area (Å²) in [6.07, 6.45) is 7.92. The van der Waals surface area contributed by atoms with Gasteiger partial charge in [0, 0.05) is 71.5 Å². The number of rotatable bonds is 15. The van der Waals surface area contributed by atoms with Gasteiger partial charge in [-0.15, -0.1) is 21.5 Å². The molecule has 3 aliphatic heterocycles. The van der Waals surface area contributed by atoms with Gasteiger partial charge in [-0.25, -0.2) is 0 Å². The summed E-state index contributed by atoms with van der Waals surface area (Å²) in [6, 6.07) is 15.1. The molecule has 3 amide bonds. The van der Waals surface area contributed by atoms with Gasteiger partial charge < -0.3 is 15.5 Å². The van der Waals surface area contributed by atoms with Gasteiger partial charge in [-0.2, -0.15) is 0 Å². The van der Waals surface area contributed by atoms with Gasteiger partial charge >= 0.3 is 0 Å². The number of piperazine rings is 1. The van der Waals surface area contributed by atoms with Gasteiger partial charge in [0.05, 0.1) is 12.1 Å². The minimum atomic E-state index is -0.466. The van der Waals surface area contributed by atoms with E-state index in [0.717, 1.165) is 78.9 Å². The lowest BCUT2D eigenvalue weighted by molar-refractivity contribution is -0.133. The van der Waals surface area contributed by atoms with Crippen LogP contribution in [0.3, 0.4) is 0 Å². The number of hydrogen-bond acceptors (Lipinski definition) is 10. The number of hydrogen-bond donors (Lipinski definition) is 3. The van der Waals surface area contributed by atoms with E-state index in [1.807, 2.05) is 43.3 Å². The molecule has 2 saturated heterocycles. The number of amides is 3. The quantitative estimate of drug-likeness (QED) is 0.0895. The van der Waals surface area contributed by atoms with Gasteiger partial charge in [0.15, 0.2) is 5.82 Å². The van der Waals surface area contributed by atoms with Crippen LogP contribution in [0.25, 0.3) is 5.00 Å². The van der Waals surface area contributed by atoms with Crippen LogP contribution >= 0.6 is 22.9 Å². The maximum atomic E-state index is 13.3. The summed E-state index contributed by atoms with van der Waals surface area (Å²) >= 11 is 7.95. The van der Waals surface area contributed by atoms with Gasteiger partial charge in [0.25, 0.3) is 0 Å². The first-order chi connectivity index (χ1) is 27.1. The molecule has 0 aliphatic carbocycles. The SMILES string of the molecule is Cc1sc2c(c1C)C(c1ccc(Cl)cc1)=NC(CC(=O)NCCCCCCCCN1CCN(c3ccc(NC4CCC(=O)NC4=O)cc3)CC1)c1nnc(C)n1-2. The topological polar surface area (TPSA) is 137 Å². The third-order valence-electron chi connectivity index (χ3n) is 11.1. The predicted molar refractivity (Wildman–Crippen MR) is 223 cm³/mol. The van der Waals surface area contributed by atoms with Crippen molar-refractivity contribution in [3.05, 3.63) is 86.8 Å². The Hall–Kier alpha value is -4.59. The number of carbonyl (C=O) groups excluding carboxylic acids is 3. The van der Waals surface area contributed by atoms with Crippen LogP contribution in [0.15, 0.2) is 53.5 Å². The van der Waals surface area contributed by atoms with Crippen LogP contribution < -0.4 is 20.9 Å². The highest BCUT2D eigenvalue weighted by molar-refractivity contribution is 7.15. The number of carbonyl (C=O) groups is 3. The second kappa shape index (κ2) is 18.1. The number of piperidine rings is 1. The van der Waals surface area contributed by atoms with Gasteiger partial charge in [0.1, 0.15) is 22.9 Å². The lowest BCUT2D eigenvalue weighted by atomic mass is 9.99. The summed E-state index contributed by atoms with van der Waals surface area (Å²) in [7, 11) is 0. The maximum Gasteiger partial charge on any atom is 0.249 e. The van der Waals surface area contributed by atoms with Crippen molar-refractivity contribution in [1.82, 2.24) is 30.3 Å². The monoisotopic (exact) mass is 797 g/mol. The molecule has 14 heteroatoms. The molecular weight excluding hydrogens is 746 g/mol. The lowest BCUT2D eigenvalue weighted by Crippen LogP contribution is -2.47. The minimum absolute atomic E-state index is 0.0292. The number of benzene rings is 2. The summed E-state index contributed by atoms with van der Waals surface area (Å²) in [6.45, 7) is 12.1. The molecule has 2 aromatic heterocycles. The van der Waals surface area contributed by atoms with Crippen LogP contribution in [0.2, 0.25) is 5.02 Å². The molecule has 3 N–H and O–H groups in total. The van der Waals surface area contributed by atoms with Crippen LogP contribution in [0.4, 0.5) is 11.4 Å². The van der Waals surface area contributed by atoms with Gasteiger partial charge in [0.2, 0.25) is 17.7 Å². The highest BCUT2D eigenvalue weighted by Crippen LogP contribution is 2.39. The first-order valence-corrected chi connectivity index (χ1v) is 21.1. The Morgan fingerprint density at radius 3 is 2.36 bits per heavy atom. The predicted octanol–water partition coefficient (Wildman–Crippen LogP) is 6.69. The summed E-state index contributed by atoms with van der Waals surface area (Å²) < 4.78 is 2.08. The van der Waals surface area contributed by atoms with Crippen molar-refractivity contribution in [1.29, 1.82) is 0 Å². The number of aromatic nitrogens is 3. The summed E-state index contributed by atoms with van der Waals surface area (Å²) in [4.78, 5) is 48.2. The zero-order chi connectivity index (χ0) is 39.2. The van der Waals surface area contributed by atoms with Crippen LogP contribution in [0, 0.1) is 20.8 Å². The molecule has 296 valence electrons. The van der Waals surface area contributed by atoms with Crippen molar-refractivity contribution < 1.29 is 14.4 Å². The molecular formula is C42H52ClN9O3S. The zero-order valence-electron chi connectivity index (χ0n) is 32.6. The number of imide groups is 1. The van der Waals surface area contributed by atoms with E-state index in [0.29, 0.717) is 30.2 Å². The normalized spacial score (nSPS) is 18.5. The molecule has 2 fully saturated rings. The molecule has 2 atom stereocenters. The van der Waals surface area contributed by atoms with E-state index in [1.54, 1.807) is 11.3 Å². The molecule has 3 aliphatic rings. The van der Waals surface area contributed by atoms with Crippen LogP contribution in [-0.4, -0.2) is 88.4 Å². The molecule has 0 radical (unpaired) electrons. The zero-order valence-corrected chi connectivity index (χ0v) is 34.1. The molecule has 0 saturated carbocycles. The van der Waals surface area contributed by atoms with Crippen molar-refractivity contribution in [3.63, 3.8) is 0 Å². The number of thiophene rings is 1. The van der Waals surface area contributed by atoms with Crippen LogP contribution in [0.1, 0.15) is 97.0 Å². The third kappa shape index (κ3) is 9.33. The molecule has 4 aromatic rings. The van der Waals surface area contributed by atoms with Crippen LogP contribution in [-0.2, 0) is 14.4 Å². The summed E-state index contributed by atoms with van der Waals surface area (Å²) in [5.41, 5.74) is 6.13. The largest absolute Gasteiger partial charge is 0.374 e. The molecule has 0 spiro atoms. The molecule has 56 heavy (non-hydrogen) atoms. The van der Waals surface area contributed by atoms with Gasteiger partial charge in [-0.1, -0.05) is 49.4 Å². The summed E-state index contributed by atoms with van der Waals surface area (Å²) in [5.74, 6) is 0.992. The fourth-order valence-corrected chi connectivity index (χ4v) is 9.15. The number of nitrogens with one attached hydrogen (secondary N) is 3. The Balaban J connectivity index is 0.796. The van der Waals surface area contributed by atoms with E-state index in [4.69, 9.17) is 16.6 Å². The van der Waals surface area contributed by atoms with Crippen LogP contribution in [0.5, 0.6) is 0 Å². The van der Waals surface area contributed by atoms with E-state index in [9.17, 15) is 14.4 Å². The number of anilines is 2. The average Bonchev–Trinajstić information content (AvgIpc) is 3.67. The molecule has 12 nitrogen and oxygen atoms in total. The Kier molecular flexibility index (Phi) is 12.8. The minimum Gasteiger partial charge on any atom is -0.374 e. The van der Waals surface area contributed by atoms with E-state index in [2.05, 4.69) is 66.5 Å². The third-order valence-corrected chi connectivity index (χ3v) is 12.6. The molecule has 0 bridgehead atoms. The second-order valence-electron chi connectivity index (χ2n) is 15.1. The van der Waals surface area contributed by atoms with Gasteiger partial charge in [-0.05, 0) is 88.5 Å². The first kappa shape index (κ1) is 39.6. The molecule has 5 heterocycles. The Labute approximate surface area is 338 Å². The number of unbranched alkanes of at least 4 members (excludes halogenated alkanes) is 5. The molecule has 2 aromatic carbocycles. The average molecular weight is 798 g/mol. The number of aliphatic imine (C=N–C) groups is 1. The maximum absolute atomic E-state index is 13.3. The Morgan fingerprint density at radius 1 is 0.911 bits per heavy atom. The number of nitrogens with zero attached hydrogens (tertiary/aromatic N) is 6. The van der Waals surface area contributed by atoms with Crippen molar-refractivity contribution in [2.24, 2.45) is 4.99 Å². The van der Waals surface area contributed by atoms with Crippen molar-refractivity contribution in [2.45, 2.75) is 90.6 Å². The van der Waals surface area contributed by atoms with Crippen molar-refractivity contribution >= 4 is 57.7 Å². The Bertz CT molecular complexity index is 2050. The second-order valence-corrected chi connectivity index (χ2v) is 16.7. The van der Waals surface area contributed by atoms with E-state index in [-0.39, 0.29) is 30.2 Å². The number of fused-ring (bicyclic) bond motifs is 3. The highest BCUT2D eigenvalue weighted by Gasteiger charge is 2.32. The van der Waals surface area contributed by atoms with Crippen molar-refractivity contribution in [3.8, 4) is 5.00 Å². The summed E-state index contributed by atoms with van der Waals surface area (Å²) in [5, 5.41) is 19.4. The van der Waals surface area contributed by atoms with Crippen molar-refractivity contribution in [2.75, 3.05) is 49.5 Å². The lowest BCUT2D eigenvalue weighted by Gasteiger charge is -2.36. The molecule has 7 rings (SSSR count). The number of halogens is 1. The number of aryl methyl sites for hydroxylation is 2. The Morgan fingerprint density at radius 2 is 1.62 bits per heavy atom. The molecule has 2 unspecified atom stereocenters. The first-order valence-electron chi connectivity index (χ1n) is 20.0. The van der Waals surface area contributed by atoms with E-state index >= 15 is 0 Å². The smallest absolute Gasteiger partial charge is 0.249 e.